The molecular formula is C13H25N3O2. The van der Waals surface area contributed by atoms with Crippen LogP contribution in [0.15, 0.2) is 0 Å². The highest BCUT2D eigenvalue weighted by Crippen LogP contribution is 2.38. The quantitative estimate of drug-likeness (QED) is 0.565. The van der Waals surface area contributed by atoms with E-state index in [1.807, 2.05) is 7.05 Å². The molecule has 1 atom stereocenters. The lowest BCUT2D eigenvalue weighted by atomic mass is 9.93. The molecule has 2 aliphatic rings. The van der Waals surface area contributed by atoms with Gasteiger partial charge in [-0.2, -0.15) is 0 Å². The van der Waals surface area contributed by atoms with Gasteiger partial charge in [0, 0.05) is 19.7 Å². The topological polar surface area (TPSA) is 81.6 Å². The third kappa shape index (κ3) is 3.67. The maximum Gasteiger partial charge on any atom is 0.239 e. The molecule has 1 amide bonds. The number of nitrogens with zero attached hydrogens (tertiary/aromatic N) is 1. The second kappa shape index (κ2) is 5.55. The molecule has 0 heterocycles. The molecule has 0 aromatic rings. The molecule has 2 fully saturated rings. The lowest BCUT2D eigenvalue weighted by Crippen LogP contribution is -2.60. The van der Waals surface area contributed by atoms with E-state index in [0.29, 0.717) is 13.2 Å². The van der Waals surface area contributed by atoms with E-state index in [1.165, 1.54) is 12.8 Å². The number of hydrogen-bond donors (Lipinski definition) is 2. The van der Waals surface area contributed by atoms with Crippen molar-refractivity contribution in [3.63, 3.8) is 0 Å². The van der Waals surface area contributed by atoms with E-state index in [9.17, 15) is 4.79 Å². The molecule has 4 N–H and O–H groups in total. The first-order chi connectivity index (χ1) is 8.52. The van der Waals surface area contributed by atoms with Gasteiger partial charge in [-0.15, -0.1) is 0 Å². The molecule has 0 aromatic carbocycles. The Hall–Kier alpha value is -0.650. The molecule has 2 aliphatic carbocycles. The van der Waals surface area contributed by atoms with Crippen LogP contribution in [0.1, 0.15) is 25.7 Å². The highest BCUT2D eigenvalue weighted by Gasteiger charge is 2.47. The van der Waals surface area contributed by atoms with Gasteiger partial charge in [0.25, 0.3) is 0 Å². The summed E-state index contributed by atoms with van der Waals surface area (Å²) < 4.78 is 5.58. The molecule has 5 nitrogen and oxygen atoms in total. The monoisotopic (exact) mass is 255 g/mol. The van der Waals surface area contributed by atoms with Gasteiger partial charge in [-0.05, 0) is 44.6 Å². The summed E-state index contributed by atoms with van der Waals surface area (Å²) >= 11 is 0. The van der Waals surface area contributed by atoms with Crippen molar-refractivity contribution in [2.24, 2.45) is 23.3 Å². The van der Waals surface area contributed by atoms with E-state index in [4.69, 9.17) is 16.2 Å². The van der Waals surface area contributed by atoms with Crippen molar-refractivity contribution >= 4 is 5.91 Å². The Morgan fingerprint density at radius 2 is 2.06 bits per heavy atom. The van der Waals surface area contributed by atoms with Gasteiger partial charge in [-0.3, -0.25) is 4.79 Å². The summed E-state index contributed by atoms with van der Waals surface area (Å²) in [6, 6.07) is 0. The molecule has 2 rings (SSSR count). The molecule has 0 bridgehead atoms. The first-order valence-corrected chi connectivity index (χ1v) is 6.87. The number of amides is 1. The fraction of sp³-hybridized carbons (Fsp3) is 0.923. The van der Waals surface area contributed by atoms with Crippen molar-refractivity contribution in [1.29, 1.82) is 0 Å². The molecule has 0 spiro atoms. The van der Waals surface area contributed by atoms with Crippen molar-refractivity contribution in [2.75, 3.05) is 33.4 Å². The predicted octanol–water partition coefficient (Wildman–Crippen LogP) is -0.0624. The Kier molecular flexibility index (Phi) is 4.25. The molecule has 1 unspecified atom stereocenters. The van der Waals surface area contributed by atoms with Crippen LogP contribution in [0.4, 0.5) is 0 Å². The van der Waals surface area contributed by atoms with Crippen LogP contribution in [0.25, 0.3) is 0 Å². The highest BCUT2D eigenvalue weighted by molar-refractivity contribution is 5.85. The third-order valence-corrected chi connectivity index (χ3v) is 3.96. The summed E-state index contributed by atoms with van der Waals surface area (Å²) in [6.45, 7) is 2.90. The second-order valence-electron chi connectivity index (χ2n) is 5.93. The number of carbonyl (C=O) groups is 1. The van der Waals surface area contributed by atoms with Gasteiger partial charge in [0.1, 0.15) is 5.54 Å². The second-order valence-corrected chi connectivity index (χ2v) is 5.93. The number of ether oxygens (including phenoxy) is 1. The minimum atomic E-state index is -0.856. The van der Waals surface area contributed by atoms with Gasteiger partial charge in [-0.25, -0.2) is 0 Å². The van der Waals surface area contributed by atoms with Crippen LogP contribution in [0.2, 0.25) is 0 Å². The van der Waals surface area contributed by atoms with Gasteiger partial charge < -0.3 is 21.1 Å². The minimum Gasteiger partial charge on any atom is -0.380 e. The summed E-state index contributed by atoms with van der Waals surface area (Å²) in [5.74, 6) is 0.682. The third-order valence-electron chi connectivity index (χ3n) is 3.96. The van der Waals surface area contributed by atoms with Gasteiger partial charge in [0.05, 0.1) is 6.61 Å². The fourth-order valence-corrected chi connectivity index (χ4v) is 2.29. The Morgan fingerprint density at radius 3 is 2.56 bits per heavy atom. The number of hydrogen-bond acceptors (Lipinski definition) is 4. The summed E-state index contributed by atoms with van der Waals surface area (Å²) in [7, 11) is 1.97. The molecule has 5 heteroatoms. The van der Waals surface area contributed by atoms with Gasteiger partial charge >= 0.3 is 0 Å². The Morgan fingerprint density at radius 1 is 1.39 bits per heavy atom. The number of nitrogens with two attached hydrogens (primary N) is 2. The summed E-state index contributed by atoms with van der Waals surface area (Å²) in [4.78, 5) is 13.6. The van der Waals surface area contributed by atoms with Crippen LogP contribution < -0.4 is 11.5 Å². The Bertz CT molecular complexity index is 303. The molecule has 0 aliphatic heterocycles. The number of likely N-dealkylation sites (N-methyl/N-ethyl adjacent to an activating group) is 1. The average Bonchev–Trinajstić information content (AvgIpc) is 3.17. The molecule has 0 radical (unpaired) electrons. The van der Waals surface area contributed by atoms with Gasteiger partial charge in [0.2, 0.25) is 5.91 Å². The zero-order chi connectivity index (χ0) is 13.2. The normalized spacial score (nSPS) is 23.1. The summed E-state index contributed by atoms with van der Waals surface area (Å²) in [5, 5.41) is 0. The van der Waals surface area contributed by atoms with Crippen LogP contribution in [-0.4, -0.2) is 49.7 Å². The molecule has 104 valence electrons. The van der Waals surface area contributed by atoms with Crippen molar-refractivity contribution in [3.8, 4) is 0 Å². The van der Waals surface area contributed by atoms with E-state index in [0.717, 1.165) is 31.9 Å². The lowest BCUT2D eigenvalue weighted by Gasteiger charge is -2.31. The van der Waals surface area contributed by atoms with Crippen molar-refractivity contribution < 1.29 is 9.53 Å². The molecule has 0 saturated heterocycles. The molecule has 18 heavy (non-hydrogen) atoms. The van der Waals surface area contributed by atoms with E-state index in [2.05, 4.69) is 4.90 Å². The smallest absolute Gasteiger partial charge is 0.239 e. The van der Waals surface area contributed by atoms with Crippen molar-refractivity contribution in [1.82, 2.24) is 4.90 Å². The largest absolute Gasteiger partial charge is 0.380 e. The van der Waals surface area contributed by atoms with Gasteiger partial charge in [-0.1, -0.05) is 0 Å². The van der Waals surface area contributed by atoms with Crippen molar-refractivity contribution in [2.45, 2.75) is 31.2 Å². The maximum atomic E-state index is 11.5. The zero-order valence-electron chi connectivity index (χ0n) is 11.2. The standard InChI is InChI=1S/C13H25N3O2/c1-16(6-7-18-8-10-2-3-10)9-13(15,12(14)17)11-4-5-11/h10-11H,2-9,15H2,1H3,(H2,14,17). The van der Waals surface area contributed by atoms with Crippen LogP contribution in [-0.2, 0) is 9.53 Å². The summed E-state index contributed by atoms with van der Waals surface area (Å²) in [6.07, 6.45) is 4.66. The van der Waals surface area contributed by atoms with E-state index >= 15 is 0 Å². The average molecular weight is 255 g/mol. The summed E-state index contributed by atoms with van der Waals surface area (Å²) in [5.41, 5.74) is 10.7. The first kappa shape index (κ1) is 13.8. The van der Waals surface area contributed by atoms with Crippen LogP contribution >= 0.6 is 0 Å². The first-order valence-electron chi connectivity index (χ1n) is 6.87. The van der Waals surface area contributed by atoms with Crippen LogP contribution in [0.5, 0.6) is 0 Å². The molecule has 2 saturated carbocycles. The number of primary amides is 1. The van der Waals surface area contributed by atoms with Crippen molar-refractivity contribution in [3.05, 3.63) is 0 Å². The maximum absolute atomic E-state index is 11.5. The molecule has 0 aromatic heterocycles. The predicted molar refractivity (Wildman–Crippen MR) is 69.9 cm³/mol. The van der Waals surface area contributed by atoms with Crippen LogP contribution in [0.3, 0.4) is 0 Å². The Labute approximate surface area is 109 Å². The van der Waals surface area contributed by atoms with E-state index in [-0.39, 0.29) is 11.8 Å². The highest BCUT2D eigenvalue weighted by atomic mass is 16.5. The number of carbonyl (C=O) groups excluding carboxylic acids is 1. The fourth-order valence-electron chi connectivity index (χ4n) is 2.29. The van der Waals surface area contributed by atoms with Gasteiger partial charge in [0.15, 0.2) is 0 Å². The minimum absolute atomic E-state index is 0.268. The SMILES string of the molecule is CN(CCOCC1CC1)CC(N)(C(N)=O)C1CC1. The van der Waals surface area contributed by atoms with Crippen LogP contribution in [0, 0.1) is 11.8 Å². The lowest BCUT2D eigenvalue weighted by molar-refractivity contribution is -0.124. The Balaban J connectivity index is 1.67. The van der Waals surface area contributed by atoms with E-state index < -0.39 is 5.54 Å². The zero-order valence-corrected chi connectivity index (χ0v) is 11.2. The molecular weight excluding hydrogens is 230 g/mol. The van der Waals surface area contributed by atoms with E-state index in [1.54, 1.807) is 0 Å². The number of rotatable bonds is 9.